The summed E-state index contributed by atoms with van der Waals surface area (Å²) in [5.74, 6) is 0.809. The number of piperidine rings is 1. The Morgan fingerprint density at radius 3 is 2.71 bits per heavy atom. The summed E-state index contributed by atoms with van der Waals surface area (Å²) in [6, 6.07) is 4.77. The molecule has 1 saturated heterocycles. The van der Waals surface area contributed by atoms with Crippen molar-refractivity contribution in [1.29, 1.82) is 0 Å². The van der Waals surface area contributed by atoms with E-state index in [4.69, 9.17) is 11.6 Å². The molecule has 2 nitrogen and oxygen atoms in total. The average Bonchev–Trinajstić information content (AvgIpc) is 2.29. The highest BCUT2D eigenvalue weighted by Gasteiger charge is 2.20. The van der Waals surface area contributed by atoms with E-state index in [1.54, 1.807) is 6.20 Å². The molecular weight excluding hydrogens is 232 g/mol. The first-order valence-electron chi connectivity index (χ1n) is 6.49. The molecule has 0 saturated carbocycles. The molecule has 0 bridgehead atoms. The van der Waals surface area contributed by atoms with E-state index >= 15 is 0 Å². The van der Waals surface area contributed by atoms with Crippen LogP contribution in [-0.2, 0) is 6.42 Å². The lowest BCUT2D eigenvalue weighted by Crippen LogP contribution is -2.38. The Balaban J connectivity index is 1.86. The molecule has 1 aliphatic heterocycles. The summed E-state index contributed by atoms with van der Waals surface area (Å²) in [4.78, 5) is 6.59. The van der Waals surface area contributed by atoms with E-state index in [-0.39, 0.29) is 0 Å². The first-order valence-corrected chi connectivity index (χ1v) is 6.87. The summed E-state index contributed by atoms with van der Waals surface area (Å²) in [7, 11) is 0. The van der Waals surface area contributed by atoms with Gasteiger partial charge in [-0.25, -0.2) is 4.98 Å². The zero-order chi connectivity index (χ0) is 12.3. The van der Waals surface area contributed by atoms with Crippen molar-refractivity contribution < 1.29 is 0 Å². The van der Waals surface area contributed by atoms with Gasteiger partial charge in [0.1, 0.15) is 5.15 Å². The molecule has 1 aliphatic rings. The number of halogens is 1. The molecular formula is C14H21ClN2. The van der Waals surface area contributed by atoms with Crippen LogP contribution in [0.5, 0.6) is 0 Å². The van der Waals surface area contributed by atoms with Gasteiger partial charge in [-0.15, -0.1) is 0 Å². The fourth-order valence-corrected chi connectivity index (χ4v) is 2.77. The van der Waals surface area contributed by atoms with Crippen LogP contribution in [0, 0.1) is 5.92 Å². The van der Waals surface area contributed by atoms with Crippen LogP contribution < -0.4 is 0 Å². The van der Waals surface area contributed by atoms with Crippen molar-refractivity contribution in [2.75, 3.05) is 13.1 Å². The van der Waals surface area contributed by atoms with Crippen LogP contribution in [0.3, 0.4) is 0 Å². The molecule has 3 heteroatoms. The van der Waals surface area contributed by atoms with Gasteiger partial charge in [-0.2, -0.15) is 0 Å². The van der Waals surface area contributed by atoms with Crippen molar-refractivity contribution in [3.05, 3.63) is 29.0 Å². The number of hydrogen-bond acceptors (Lipinski definition) is 2. The van der Waals surface area contributed by atoms with Crippen LogP contribution in [-0.4, -0.2) is 29.0 Å². The topological polar surface area (TPSA) is 16.1 Å². The first-order chi connectivity index (χ1) is 8.15. The Labute approximate surface area is 109 Å². The lowest BCUT2D eigenvalue weighted by atomic mass is 9.90. The summed E-state index contributed by atoms with van der Waals surface area (Å²) < 4.78 is 0. The number of likely N-dealkylation sites (tertiary alicyclic amines) is 1. The van der Waals surface area contributed by atoms with Crippen LogP contribution in [0.15, 0.2) is 18.3 Å². The largest absolute Gasteiger partial charge is 0.301 e. The molecule has 1 aromatic heterocycles. The Morgan fingerprint density at radius 2 is 2.12 bits per heavy atom. The Kier molecular flexibility index (Phi) is 4.41. The van der Waals surface area contributed by atoms with Crippen LogP contribution in [0.2, 0.25) is 5.15 Å². The van der Waals surface area contributed by atoms with Crippen molar-refractivity contribution in [1.82, 2.24) is 9.88 Å². The SMILES string of the molecule is CC(C)N1CCC(Cc2ccnc(Cl)c2)CC1. The zero-order valence-electron chi connectivity index (χ0n) is 10.7. The van der Waals surface area contributed by atoms with Gasteiger partial charge >= 0.3 is 0 Å². The Morgan fingerprint density at radius 1 is 1.41 bits per heavy atom. The first kappa shape index (κ1) is 12.8. The number of aromatic nitrogens is 1. The van der Waals surface area contributed by atoms with Gasteiger partial charge in [0.15, 0.2) is 0 Å². The molecule has 17 heavy (non-hydrogen) atoms. The fraction of sp³-hybridized carbons (Fsp3) is 0.643. The highest BCUT2D eigenvalue weighted by molar-refractivity contribution is 6.29. The van der Waals surface area contributed by atoms with E-state index in [1.807, 2.05) is 6.07 Å². The maximum absolute atomic E-state index is 5.91. The second-order valence-electron chi connectivity index (χ2n) is 5.26. The summed E-state index contributed by atoms with van der Waals surface area (Å²) in [6.45, 7) is 7.04. The number of pyridine rings is 1. The summed E-state index contributed by atoms with van der Waals surface area (Å²) >= 11 is 5.91. The minimum Gasteiger partial charge on any atom is -0.301 e. The van der Waals surface area contributed by atoms with Gasteiger partial charge in [0.05, 0.1) is 0 Å². The molecule has 0 atom stereocenters. The summed E-state index contributed by atoms with van der Waals surface area (Å²) in [5, 5.41) is 0.613. The molecule has 0 aliphatic carbocycles. The molecule has 0 spiro atoms. The molecule has 2 rings (SSSR count). The van der Waals surface area contributed by atoms with Gasteiger partial charge in [0.25, 0.3) is 0 Å². The fourth-order valence-electron chi connectivity index (χ4n) is 2.58. The van der Waals surface area contributed by atoms with E-state index in [0.29, 0.717) is 11.2 Å². The third-order valence-corrected chi connectivity index (χ3v) is 3.90. The van der Waals surface area contributed by atoms with Gasteiger partial charge in [0.2, 0.25) is 0 Å². The molecule has 0 N–H and O–H groups in total. The minimum absolute atomic E-state index is 0.613. The lowest BCUT2D eigenvalue weighted by Gasteiger charge is -2.34. The number of nitrogens with zero attached hydrogens (tertiary/aromatic N) is 2. The molecule has 1 aromatic rings. The van der Waals surface area contributed by atoms with E-state index in [1.165, 1.54) is 31.5 Å². The van der Waals surface area contributed by atoms with Crippen LogP contribution in [0.1, 0.15) is 32.3 Å². The van der Waals surface area contributed by atoms with E-state index in [2.05, 4.69) is 29.8 Å². The molecule has 1 fully saturated rings. The van der Waals surface area contributed by atoms with Crippen molar-refractivity contribution in [2.45, 2.75) is 39.2 Å². The van der Waals surface area contributed by atoms with Crippen molar-refractivity contribution in [2.24, 2.45) is 5.92 Å². The molecule has 0 aromatic carbocycles. The smallest absolute Gasteiger partial charge is 0.129 e. The lowest BCUT2D eigenvalue weighted by molar-refractivity contribution is 0.149. The second kappa shape index (κ2) is 5.83. The van der Waals surface area contributed by atoms with Crippen molar-refractivity contribution in [3.8, 4) is 0 Å². The van der Waals surface area contributed by atoms with E-state index in [9.17, 15) is 0 Å². The third-order valence-electron chi connectivity index (χ3n) is 3.69. The standard InChI is InChI=1S/C14H21ClN2/c1-11(2)17-7-4-12(5-8-17)9-13-3-6-16-14(15)10-13/h3,6,10-12H,4-5,7-9H2,1-2H3. The highest BCUT2D eigenvalue weighted by Crippen LogP contribution is 2.23. The van der Waals surface area contributed by atoms with Crippen LogP contribution in [0.25, 0.3) is 0 Å². The van der Waals surface area contributed by atoms with E-state index < -0.39 is 0 Å². The maximum Gasteiger partial charge on any atom is 0.129 e. The quantitative estimate of drug-likeness (QED) is 0.767. The monoisotopic (exact) mass is 252 g/mol. The molecule has 0 radical (unpaired) electrons. The molecule has 2 heterocycles. The van der Waals surface area contributed by atoms with Gasteiger partial charge in [-0.05, 0) is 69.8 Å². The number of rotatable bonds is 3. The normalized spacial score (nSPS) is 18.8. The zero-order valence-corrected chi connectivity index (χ0v) is 11.5. The van der Waals surface area contributed by atoms with Crippen LogP contribution >= 0.6 is 11.6 Å². The Hall–Kier alpha value is -0.600. The van der Waals surface area contributed by atoms with Crippen molar-refractivity contribution in [3.63, 3.8) is 0 Å². The predicted molar refractivity (Wildman–Crippen MR) is 72.4 cm³/mol. The summed E-state index contributed by atoms with van der Waals surface area (Å²) in [5.41, 5.74) is 1.33. The van der Waals surface area contributed by atoms with Gasteiger partial charge in [-0.3, -0.25) is 0 Å². The molecule has 0 unspecified atom stereocenters. The third kappa shape index (κ3) is 3.68. The van der Waals surface area contributed by atoms with Crippen LogP contribution in [0.4, 0.5) is 0 Å². The van der Waals surface area contributed by atoms with Gasteiger partial charge in [-0.1, -0.05) is 11.6 Å². The minimum atomic E-state index is 0.613. The number of hydrogen-bond donors (Lipinski definition) is 0. The van der Waals surface area contributed by atoms with Crippen molar-refractivity contribution >= 4 is 11.6 Å². The van der Waals surface area contributed by atoms with Gasteiger partial charge < -0.3 is 4.90 Å². The average molecular weight is 253 g/mol. The highest BCUT2D eigenvalue weighted by atomic mass is 35.5. The molecule has 94 valence electrons. The second-order valence-corrected chi connectivity index (χ2v) is 5.65. The summed E-state index contributed by atoms with van der Waals surface area (Å²) in [6.07, 6.45) is 5.56. The maximum atomic E-state index is 5.91. The van der Waals surface area contributed by atoms with Gasteiger partial charge in [0, 0.05) is 12.2 Å². The predicted octanol–water partition coefficient (Wildman–Crippen LogP) is 3.40. The molecule has 0 amide bonds. The van der Waals surface area contributed by atoms with E-state index in [0.717, 1.165) is 12.3 Å². The Bertz CT molecular complexity index is 357.